The van der Waals surface area contributed by atoms with Crippen LogP contribution in [0.1, 0.15) is 27.7 Å². The number of carbonyl (C=O) groups is 2. The van der Waals surface area contributed by atoms with Crippen LogP contribution in [0.2, 0.25) is 0 Å². The van der Waals surface area contributed by atoms with Crippen molar-refractivity contribution < 1.29 is 30.0 Å². The number of rotatable bonds is 9. The third-order valence-electron chi connectivity index (χ3n) is 6.02. The number of nitrogens with zero attached hydrogens (tertiary/aromatic N) is 1. The molecule has 0 aromatic heterocycles. The average Bonchev–Trinajstić information content (AvgIpc) is 3.03. The van der Waals surface area contributed by atoms with Crippen molar-refractivity contribution in [2.45, 2.75) is 27.7 Å². The molecule has 0 spiro atoms. The number of carbonyl (C=O) groups excluding carboxylic acids is 2. The normalized spacial score (nSPS) is 9.95. The summed E-state index contributed by atoms with van der Waals surface area (Å²) < 4.78 is 0. The van der Waals surface area contributed by atoms with E-state index in [2.05, 4.69) is 157 Å². The van der Waals surface area contributed by atoms with Crippen LogP contribution in [0.4, 0.5) is 5.69 Å². The largest absolute Gasteiger partial charge is 0.362 e. The van der Waals surface area contributed by atoms with Gasteiger partial charge >= 0.3 is 0 Å². The van der Waals surface area contributed by atoms with Crippen molar-refractivity contribution in [1.82, 2.24) is 0 Å². The predicted octanol–water partition coefficient (Wildman–Crippen LogP) is 7.86. The molecule has 0 fully saturated rings. The van der Waals surface area contributed by atoms with Crippen molar-refractivity contribution in [3.63, 3.8) is 0 Å². The van der Waals surface area contributed by atoms with E-state index in [1.165, 1.54) is 54.6 Å². The molecule has 0 heterocycles. The summed E-state index contributed by atoms with van der Waals surface area (Å²) in [6.07, 6.45) is 1.96. The van der Waals surface area contributed by atoms with E-state index in [9.17, 15) is 9.59 Å². The van der Waals surface area contributed by atoms with E-state index in [0.29, 0.717) is 0 Å². The Labute approximate surface area is 279 Å². The van der Waals surface area contributed by atoms with Gasteiger partial charge in [0, 0.05) is 38.7 Å². The number of para-hydroxylation sites is 1. The van der Waals surface area contributed by atoms with Crippen LogP contribution in [0.25, 0.3) is 0 Å². The van der Waals surface area contributed by atoms with Crippen molar-refractivity contribution in [3.05, 3.63) is 152 Å². The number of benzene rings is 5. The summed E-state index contributed by atoms with van der Waals surface area (Å²) in [4.78, 5) is 21.5. The zero-order valence-electron chi connectivity index (χ0n) is 25.8. The number of ketones is 2. The summed E-state index contributed by atoms with van der Waals surface area (Å²) >= 11 is 0. The molecular weight excluding hydrogens is 671 g/mol. The van der Waals surface area contributed by atoms with Crippen LogP contribution in [0.3, 0.4) is 0 Å². The second-order valence-electron chi connectivity index (χ2n) is 10.2. The molecule has 0 aliphatic heterocycles. The molecule has 3 nitrogen and oxygen atoms in total. The Morgan fingerprint density at radius 2 is 0.636 bits per heavy atom. The van der Waals surface area contributed by atoms with Gasteiger partial charge in [0.1, 0.15) is 11.6 Å². The van der Waals surface area contributed by atoms with Gasteiger partial charge in [0.05, 0.1) is 0 Å². The summed E-state index contributed by atoms with van der Waals surface area (Å²) in [5, 5.41) is 5.66. The first-order valence-electron chi connectivity index (χ1n) is 14.3. The predicted molar refractivity (Wildman–Crippen MR) is 190 cm³/mol. The molecule has 0 saturated heterocycles. The fraction of sp³-hybridized carbons (Fsp3) is 0.158. The van der Waals surface area contributed by atoms with Gasteiger partial charge in [0.2, 0.25) is 0 Å². The number of Topliss-reactive ketones (excluding diaryl/α,β-unsaturated/α-hetero) is 2. The first-order valence-corrected chi connectivity index (χ1v) is 17.4. The molecule has 5 aromatic rings. The SMILES string of the molecule is CC(C)=O.CC(C)=O.[Pd].c1ccc(N(CP(c2ccccc2)c2ccccc2)CP(c2ccccc2)c2ccccc2)cc1. The van der Waals surface area contributed by atoms with E-state index < -0.39 is 15.8 Å². The smallest absolute Gasteiger partial charge is 0.126 e. The minimum atomic E-state index is -0.546. The fourth-order valence-electron chi connectivity index (χ4n) is 4.24. The van der Waals surface area contributed by atoms with E-state index in [4.69, 9.17) is 0 Å². The van der Waals surface area contributed by atoms with Gasteiger partial charge in [-0.3, -0.25) is 0 Å². The molecule has 0 unspecified atom stereocenters. The first kappa shape index (κ1) is 37.0. The van der Waals surface area contributed by atoms with Gasteiger partial charge < -0.3 is 14.5 Å². The maximum atomic E-state index is 9.44. The summed E-state index contributed by atoms with van der Waals surface area (Å²) in [6.45, 7) is 6.11. The number of hydrogen-bond acceptors (Lipinski definition) is 3. The Bertz CT molecular complexity index is 1310. The summed E-state index contributed by atoms with van der Waals surface area (Å²) in [5.74, 6) is 0.333. The van der Waals surface area contributed by atoms with E-state index >= 15 is 0 Å². The van der Waals surface area contributed by atoms with Crippen LogP contribution in [-0.2, 0) is 30.0 Å². The van der Waals surface area contributed by atoms with Gasteiger partial charge in [0.15, 0.2) is 0 Å². The van der Waals surface area contributed by atoms with Gasteiger partial charge in [-0.1, -0.05) is 140 Å². The van der Waals surface area contributed by atoms with Crippen LogP contribution in [0.5, 0.6) is 0 Å². The van der Waals surface area contributed by atoms with Crippen molar-refractivity contribution in [3.8, 4) is 0 Å². The Morgan fingerprint density at radius 3 is 0.864 bits per heavy atom. The standard InChI is InChI=1S/C32H29NP2.2C3H6O.Pd/c1-6-16-28(17-7-1)33(26-34(29-18-8-2-9-19-29)30-20-10-3-11-21-30)27-35(31-22-12-4-13-23-31)32-24-14-5-15-25-32;2*1-3(2)4;/h1-25H,26-27H2;2*1-2H3;. The molecule has 0 amide bonds. The molecule has 230 valence electrons. The zero-order valence-corrected chi connectivity index (χ0v) is 29.2. The maximum absolute atomic E-state index is 9.44. The molecule has 6 heteroatoms. The average molecular weight is 712 g/mol. The molecule has 0 N–H and O–H groups in total. The summed E-state index contributed by atoms with van der Waals surface area (Å²) in [6, 6.07) is 55.1. The molecule has 0 aliphatic carbocycles. The van der Waals surface area contributed by atoms with Crippen molar-refractivity contribution in [1.29, 1.82) is 0 Å². The Balaban J connectivity index is 0.000000672. The molecule has 0 atom stereocenters. The van der Waals surface area contributed by atoms with Gasteiger partial charge in [-0.2, -0.15) is 0 Å². The van der Waals surface area contributed by atoms with Crippen molar-refractivity contribution in [2.24, 2.45) is 0 Å². The molecule has 0 bridgehead atoms. The van der Waals surface area contributed by atoms with Crippen LogP contribution in [0.15, 0.2) is 152 Å². The second-order valence-corrected chi connectivity index (χ2v) is 14.5. The Morgan fingerprint density at radius 1 is 0.432 bits per heavy atom. The molecule has 0 aliphatic rings. The van der Waals surface area contributed by atoms with Gasteiger partial charge in [-0.25, -0.2) is 0 Å². The second kappa shape index (κ2) is 20.7. The third-order valence-corrected chi connectivity index (χ3v) is 11.0. The molecular formula is C38H41NO2P2Pd. The van der Waals surface area contributed by atoms with Crippen LogP contribution < -0.4 is 26.1 Å². The number of hydrogen-bond donors (Lipinski definition) is 0. The topological polar surface area (TPSA) is 37.4 Å². The molecule has 5 aromatic carbocycles. The zero-order chi connectivity index (χ0) is 30.9. The third kappa shape index (κ3) is 13.2. The Hall–Kier alpha value is -3.24. The van der Waals surface area contributed by atoms with Gasteiger partial charge in [-0.05, 0) is 76.9 Å². The summed E-state index contributed by atoms with van der Waals surface area (Å²) in [7, 11) is -1.09. The molecule has 0 radical (unpaired) electrons. The minimum Gasteiger partial charge on any atom is -0.362 e. The molecule has 0 saturated carbocycles. The van der Waals surface area contributed by atoms with Gasteiger partial charge in [-0.15, -0.1) is 0 Å². The minimum absolute atomic E-state index is 0. The van der Waals surface area contributed by atoms with Crippen LogP contribution in [0, 0.1) is 0 Å². The van der Waals surface area contributed by atoms with E-state index in [1.807, 2.05) is 0 Å². The fourth-order valence-corrected chi connectivity index (χ4v) is 8.99. The molecule has 44 heavy (non-hydrogen) atoms. The number of anilines is 1. The van der Waals surface area contributed by atoms with E-state index in [-0.39, 0.29) is 32.0 Å². The quantitative estimate of drug-likeness (QED) is 0.116. The van der Waals surface area contributed by atoms with Crippen molar-refractivity contribution in [2.75, 3.05) is 17.5 Å². The monoisotopic (exact) mass is 711 g/mol. The van der Waals surface area contributed by atoms with E-state index in [0.717, 1.165) is 12.6 Å². The van der Waals surface area contributed by atoms with Crippen LogP contribution >= 0.6 is 15.8 Å². The van der Waals surface area contributed by atoms with Crippen molar-refractivity contribution >= 4 is 54.3 Å². The Kier molecular flexibility index (Phi) is 17.4. The summed E-state index contributed by atoms with van der Waals surface area (Å²) in [5.41, 5.74) is 1.28. The maximum Gasteiger partial charge on any atom is 0.126 e. The molecule has 5 rings (SSSR count). The van der Waals surface area contributed by atoms with Gasteiger partial charge in [0.25, 0.3) is 0 Å². The van der Waals surface area contributed by atoms with Crippen LogP contribution in [-0.4, -0.2) is 24.1 Å². The first-order chi connectivity index (χ1) is 20.8. The van der Waals surface area contributed by atoms with E-state index in [1.54, 1.807) is 0 Å².